The molecule has 0 aliphatic rings. The lowest BCUT2D eigenvalue weighted by atomic mass is 9.77. The molecule has 0 heterocycles. The highest BCUT2D eigenvalue weighted by atomic mass is 16.6. The van der Waals surface area contributed by atoms with E-state index in [4.69, 9.17) is 9.47 Å². The molecule has 0 spiro atoms. The molecule has 0 aromatic heterocycles. The summed E-state index contributed by atoms with van der Waals surface area (Å²) in [6, 6.07) is 36.6. The number of alkyl carbamates (subject to hydrolysis) is 1. The molecule has 42 heavy (non-hydrogen) atoms. The van der Waals surface area contributed by atoms with Gasteiger partial charge < -0.3 is 20.1 Å². The van der Waals surface area contributed by atoms with Gasteiger partial charge in [-0.3, -0.25) is 9.59 Å². The smallest absolute Gasteiger partial charge is 0.408 e. The zero-order valence-corrected chi connectivity index (χ0v) is 24.1. The predicted octanol–water partition coefficient (Wildman–Crippen LogP) is 6.03. The molecule has 1 atom stereocenters. The van der Waals surface area contributed by atoms with Crippen LogP contribution in [0.15, 0.2) is 121 Å². The van der Waals surface area contributed by atoms with E-state index in [0.29, 0.717) is 5.75 Å². The second-order valence-electron chi connectivity index (χ2n) is 10.9. The summed E-state index contributed by atoms with van der Waals surface area (Å²) in [5, 5.41) is 5.83. The maximum atomic E-state index is 13.9. The number of para-hydroxylation sites is 1. The van der Waals surface area contributed by atoms with Crippen LogP contribution in [0.4, 0.5) is 4.79 Å². The van der Waals surface area contributed by atoms with Gasteiger partial charge >= 0.3 is 6.09 Å². The van der Waals surface area contributed by atoms with Gasteiger partial charge in [-0.15, -0.1) is 0 Å². The van der Waals surface area contributed by atoms with E-state index in [1.165, 1.54) is 0 Å². The van der Waals surface area contributed by atoms with Crippen molar-refractivity contribution < 1.29 is 23.9 Å². The quantitative estimate of drug-likeness (QED) is 0.217. The van der Waals surface area contributed by atoms with E-state index in [-0.39, 0.29) is 13.0 Å². The maximum absolute atomic E-state index is 13.9. The average molecular weight is 565 g/mol. The summed E-state index contributed by atoms with van der Waals surface area (Å²) in [7, 11) is 0. The largest absolute Gasteiger partial charge is 0.486 e. The molecule has 0 bridgehead atoms. The number of Topliss-reactive ketones (excluding diaryl/α,β-unsaturated/α-hetero) is 1. The van der Waals surface area contributed by atoms with Crippen LogP contribution in [-0.2, 0) is 19.9 Å². The summed E-state index contributed by atoms with van der Waals surface area (Å²) in [4.78, 5) is 40.0. The third kappa shape index (κ3) is 7.85. The number of nitrogens with one attached hydrogen (secondary N) is 2. The molecular weight excluding hydrogens is 528 g/mol. The van der Waals surface area contributed by atoms with Gasteiger partial charge in [0.2, 0.25) is 5.91 Å². The molecule has 4 aromatic rings. The molecule has 0 aliphatic heterocycles. The van der Waals surface area contributed by atoms with Crippen LogP contribution in [0, 0.1) is 0 Å². The van der Waals surface area contributed by atoms with Gasteiger partial charge in [0, 0.05) is 0 Å². The standard InChI is InChI=1S/C35H36N2O5/c1-34(2,3)42-33(40)36-30(31(38)25-41-29-22-14-7-15-23-29)24-32(39)37-35(26-16-8-4-9-17-26,27-18-10-5-11-19-27)28-20-12-6-13-21-28/h4-23,30H,24-25H2,1-3H3,(H,36,40)(H,37,39)/t30-/m1/s1. The molecule has 4 rings (SSSR count). The van der Waals surface area contributed by atoms with Crippen molar-refractivity contribution in [2.45, 2.75) is 44.4 Å². The first-order valence-electron chi connectivity index (χ1n) is 13.8. The van der Waals surface area contributed by atoms with Gasteiger partial charge in [-0.2, -0.15) is 0 Å². The number of rotatable bonds is 11. The van der Waals surface area contributed by atoms with Crippen LogP contribution in [0.5, 0.6) is 5.75 Å². The minimum atomic E-state index is -1.19. The van der Waals surface area contributed by atoms with Gasteiger partial charge in [-0.25, -0.2) is 4.79 Å². The van der Waals surface area contributed by atoms with Crippen LogP contribution in [0.25, 0.3) is 0 Å². The molecule has 2 amide bonds. The lowest BCUT2D eigenvalue weighted by Gasteiger charge is -2.37. The Morgan fingerprint density at radius 2 is 1.10 bits per heavy atom. The van der Waals surface area contributed by atoms with Crippen LogP contribution in [0.3, 0.4) is 0 Å². The molecule has 0 saturated heterocycles. The number of benzene rings is 4. The SMILES string of the molecule is CC(C)(C)OC(=O)N[C@H](CC(=O)NC(c1ccccc1)(c1ccccc1)c1ccccc1)C(=O)COc1ccccc1. The number of amides is 2. The molecule has 0 fully saturated rings. The lowest BCUT2D eigenvalue weighted by Crippen LogP contribution is -2.52. The van der Waals surface area contributed by atoms with Crippen molar-refractivity contribution in [1.82, 2.24) is 10.6 Å². The van der Waals surface area contributed by atoms with Gasteiger partial charge in [-0.1, -0.05) is 109 Å². The third-order valence-electron chi connectivity index (χ3n) is 6.54. The number of carbonyl (C=O) groups excluding carboxylic acids is 3. The second-order valence-corrected chi connectivity index (χ2v) is 10.9. The van der Waals surface area contributed by atoms with Crippen molar-refractivity contribution in [3.8, 4) is 5.75 Å². The Morgan fingerprint density at radius 3 is 1.52 bits per heavy atom. The molecule has 7 nitrogen and oxygen atoms in total. The van der Waals surface area contributed by atoms with Gasteiger partial charge in [-0.05, 0) is 49.6 Å². The molecule has 0 unspecified atom stereocenters. The Balaban J connectivity index is 1.66. The zero-order chi connectivity index (χ0) is 30.0. The molecule has 0 radical (unpaired) electrons. The molecule has 4 aromatic carbocycles. The normalized spacial score (nSPS) is 12.1. The van der Waals surface area contributed by atoms with E-state index in [2.05, 4.69) is 10.6 Å². The molecule has 2 N–H and O–H groups in total. The summed E-state index contributed by atoms with van der Waals surface area (Å²) in [6.07, 6.45) is -1.13. The monoisotopic (exact) mass is 564 g/mol. The Labute approximate surface area is 246 Å². The van der Waals surface area contributed by atoms with E-state index in [0.717, 1.165) is 16.7 Å². The van der Waals surface area contributed by atoms with E-state index < -0.39 is 35.0 Å². The number of ketones is 1. The second kappa shape index (κ2) is 13.6. The minimum Gasteiger partial charge on any atom is -0.486 e. The number of ether oxygens (including phenoxy) is 2. The highest BCUT2D eigenvalue weighted by Crippen LogP contribution is 2.37. The van der Waals surface area contributed by atoms with Gasteiger partial charge in [0.05, 0.1) is 6.42 Å². The summed E-state index contributed by atoms with van der Waals surface area (Å²) in [6.45, 7) is 4.84. The molecule has 0 aliphatic carbocycles. The van der Waals surface area contributed by atoms with Crippen LogP contribution >= 0.6 is 0 Å². The van der Waals surface area contributed by atoms with Gasteiger partial charge in [0.1, 0.15) is 29.5 Å². The number of hydrogen-bond donors (Lipinski definition) is 2. The Morgan fingerprint density at radius 1 is 0.667 bits per heavy atom. The van der Waals surface area contributed by atoms with Gasteiger partial charge in [0.15, 0.2) is 5.78 Å². The number of carbonyl (C=O) groups is 3. The lowest BCUT2D eigenvalue weighted by molar-refractivity contribution is -0.128. The average Bonchev–Trinajstić information content (AvgIpc) is 2.99. The van der Waals surface area contributed by atoms with E-state index in [1.54, 1.807) is 45.0 Å². The molecular formula is C35H36N2O5. The first kappa shape index (κ1) is 30.1. The van der Waals surface area contributed by atoms with Crippen LogP contribution < -0.4 is 15.4 Å². The zero-order valence-electron chi connectivity index (χ0n) is 24.1. The van der Waals surface area contributed by atoms with E-state index in [1.807, 2.05) is 97.1 Å². The first-order chi connectivity index (χ1) is 20.2. The minimum absolute atomic E-state index is 0.329. The highest BCUT2D eigenvalue weighted by molar-refractivity contribution is 5.93. The van der Waals surface area contributed by atoms with Crippen molar-refractivity contribution >= 4 is 17.8 Å². The molecule has 216 valence electrons. The van der Waals surface area contributed by atoms with E-state index in [9.17, 15) is 14.4 Å². The van der Waals surface area contributed by atoms with Crippen molar-refractivity contribution in [1.29, 1.82) is 0 Å². The van der Waals surface area contributed by atoms with Crippen molar-refractivity contribution in [2.75, 3.05) is 6.61 Å². The fourth-order valence-electron chi connectivity index (χ4n) is 4.69. The fourth-order valence-corrected chi connectivity index (χ4v) is 4.69. The predicted molar refractivity (Wildman–Crippen MR) is 162 cm³/mol. The maximum Gasteiger partial charge on any atom is 0.408 e. The highest BCUT2D eigenvalue weighted by Gasteiger charge is 2.39. The number of hydrogen-bond acceptors (Lipinski definition) is 5. The van der Waals surface area contributed by atoms with Crippen LogP contribution in [0.2, 0.25) is 0 Å². The van der Waals surface area contributed by atoms with E-state index >= 15 is 0 Å². The Bertz CT molecular complexity index is 1360. The summed E-state index contributed by atoms with van der Waals surface area (Å²) in [5.74, 6) is -0.409. The van der Waals surface area contributed by atoms with Crippen molar-refractivity contribution in [2.24, 2.45) is 0 Å². The first-order valence-corrected chi connectivity index (χ1v) is 13.8. The summed E-state index contributed by atoms with van der Waals surface area (Å²) < 4.78 is 11.0. The summed E-state index contributed by atoms with van der Waals surface area (Å²) in [5.41, 5.74) is 0.660. The fraction of sp³-hybridized carbons (Fsp3) is 0.229. The van der Waals surface area contributed by atoms with Crippen molar-refractivity contribution in [3.05, 3.63) is 138 Å². The van der Waals surface area contributed by atoms with Crippen LogP contribution in [-0.4, -0.2) is 36.0 Å². The van der Waals surface area contributed by atoms with Crippen LogP contribution in [0.1, 0.15) is 43.9 Å². The summed E-state index contributed by atoms with van der Waals surface area (Å²) >= 11 is 0. The topological polar surface area (TPSA) is 93.7 Å². The third-order valence-corrected chi connectivity index (χ3v) is 6.54. The Hall–Kier alpha value is -4.91. The molecule has 0 saturated carbocycles. The molecule has 7 heteroatoms. The van der Waals surface area contributed by atoms with Crippen molar-refractivity contribution in [3.63, 3.8) is 0 Å². The Kier molecular flexibility index (Phi) is 9.76. The van der Waals surface area contributed by atoms with Gasteiger partial charge in [0.25, 0.3) is 0 Å².